The van der Waals surface area contributed by atoms with Crippen LogP contribution in [0, 0.1) is 0 Å². The van der Waals surface area contributed by atoms with Crippen LogP contribution in [0.1, 0.15) is 0 Å². The zero-order valence-corrected chi connectivity index (χ0v) is 11.6. The number of hydrogen-bond donors (Lipinski definition) is 0. The lowest BCUT2D eigenvalue weighted by atomic mass is 10.4. The van der Waals surface area contributed by atoms with Gasteiger partial charge in [-0.2, -0.15) is 0 Å². The lowest BCUT2D eigenvalue weighted by Crippen LogP contribution is -2.14. The van der Waals surface area contributed by atoms with Crippen molar-refractivity contribution in [2.45, 2.75) is 6.54 Å². The van der Waals surface area contributed by atoms with E-state index >= 15 is 0 Å². The fourth-order valence-electron chi connectivity index (χ4n) is 1.77. The van der Waals surface area contributed by atoms with Crippen molar-refractivity contribution in [1.29, 1.82) is 0 Å². The van der Waals surface area contributed by atoms with Gasteiger partial charge in [0.15, 0.2) is 5.82 Å². The van der Waals surface area contributed by atoms with E-state index in [4.69, 9.17) is 0 Å². The van der Waals surface area contributed by atoms with E-state index in [1.807, 2.05) is 0 Å². The Morgan fingerprint density at radius 1 is 1.09 bits per heavy atom. The minimum atomic E-state index is -0.444. The monoisotopic (exact) mass is 297 g/mol. The molecular weight excluding hydrogens is 286 g/mol. The lowest BCUT2D eigenvalue weighted by Gasteiger charge is -2.03. The van der Waals surface area contributed by atoms with Gasteiger partial charge in [-0.3, -0.25) is 14.8 Å². The average Bonchev–Trinajstić information content (AvgIpc) is 3.00. The van der Waals surface area contributed by atoms with Crippen molar-refractivity contribution in [3.63, 3.8) is 0 Å². The molecule has 0 aliphatic rings. The van der Waals surface area contributed by atoms with Gasteiger partial charge in [-0.15, -0.1) is 5.10 Å². The van der Waals surface area contributed by atoms with Gasteiger partial charge in [0, 0.05) is 24.8 Å². The predicted molar refractivity (Wildman–Crippen MR) is 74.1 cm³/mol. The molecule has 0 radical (unpaired) electrons. The largest absolute Gasteiger partial charge is 0.468 e. The number of esters is 1. The Morgan fingerprint density at radius 3 is 2.36 bits per heavy atom. The van der Waals surface area contributed by atoms with Crippen molar-refractivity contribution < 1.29 is 9.53 Å². The molecule has 0 saturated carbocycles. The number of methoxy groups -OCH3 is 1. The van der Waals surface area contributed by atoms with Gasteiger partial charge < -0.3 is 4.74 Å². The highest BCUT2D eigenvalue weighted by Gasteiger charge is 2.17. The molecule has 22 heavy (non-hydrogen) atoms. The number of nitrogens with zero attached hydrogens (tertiary/aromatic N) is 7. The summed E-state index contributed by atoms with van der Waals surface area (Å²) in [6.07, 6.45) is 9.26. The zero-order valence-electron chi connectivity index (χ0n) is 11.6. The number of hydrogen-bond acceptors (Lipinski definition) is 8. The Morgan fingerprint density at radius 2 is 1.77 bits per heavy atom. The molecule has 3 aromatic heterocycles. The highest BCUT2D eigenvalue weighted by atomic mass is 16.5. The quantitative estimate of drug-likeness (QED) is 0.635. The van der Waals surface area contributed by atoms with Gasteiger partial charge in [0.1, 0.15) is 17.9 Å². The van der Waals surface area contributed by atoms with E-state index in [1.54, 1.807) is 18.6 Å². The lowest BCUT2D eigenvalue weighted by molar-refractivity contribution is -0.141. The van der Waals surface area contributed by atoms with E-state index in [9.17, 15) is 4.79 Å². The average molecular weight is 297 g/mol. The second-order valence-electron chi connectivity index (χ2n) is 4.17. The molecule has 0 aliphatic carbocycles. The first-order chi connectivity index (χ1) is 10.8. The number of carbonyl (C=O) groups is 1. The van der Waals surface area contributed by atoms with Crippen LogP contribution < -0.4 is 0 Å². The Kier molecular flexibility index (Phi) is 3.77. The maximum atomic E-state index is 11.5. The first-order valence-corrected chi connectivity index (χ1v) is 6.32. The first-order valence-electron chi connectivity index (χ1n) is 6.32. The molecule has 3 rings (SSSR count). The Labute approximate surface area is 125 Å². The van der Waals surface area contributed by atoms with Gasteiger partial charge in [0.25, 0.3) is 0 Å². The molecule has 0 unspecified atom stereocenters. The predicted octanol–water partition coefficient (Wildman–Crippen LogP) is 0.365. The second kappa shape index (κ2) is 6.04. The van der Waals surface area contributed by atoms with Crippen LogP contribution in [0.3, 0.4) is 0 Å². The number of rotatable bonds is 4. The van der Waals surface area contributed by atoms with Crippen LogP contribution >= 0.6 is 0 Å². The topological polar surface area (TPSA) is 109 Å². The molecule has 0 fully saturated rings. The van der Waals surface area contributed by atoms with Crippen LogP contribution in [0.15, 0.2) is 37.2 Å². The summed E-state index contributed by atoms with van der Waals surface area (Å²) < 4.78 is 6.07. The molecule has 0 atom stereocenters. The molecule has 0 amide bonds. The minimum Gasteiger partial charge on any atom is -0.468 e. The van der Waals surface area contributed by atoms with Gasteiger partial charge in [0.2, 0.25) is 5.82 Å². The van der Waals surface area contributed by atoms with E-state index in [0.29, 0.717) is 23.0 Å². The van der Waals surface area contributed by atoms with E-state index < -0.39 is 5.97 Å². The van der Waals surface area contributed by atoms with Crippen LogP contribution in [-0.4, -0.2) is 47.8 Å². The zero-order chi connectivity index (χ0) is 15.4. The number of aromatic nitrogens is 7. The molecule has 3 aromatic rings. The summed E-state index contributed by atoms with van der Waals surface area (Å²) in [6, 6.07) is 0. The van der Waals surface area contributed by atoms with Crippen molar-refractivity contribution in [1.82, 2.24) is 34.7 Å². The summed E-state index contributed by atoms with van der Waals surface area (Å²) in [5.74, 6) is 0.303. The summed E-state index contributed by atoms with van der Waals surface area (Å²) in [7, 11) is 1.31. The molecule has 3 heterocycles. The number of ether oxygens (including phenoxy) is 1. The van der Waals surface area contributed by atoms with Crippen molar-refractivity contribution >= 4 is 5.97 Å². The summed E-state index contributed by atoms with van der Waals surface area (Å²) >= 11 is 0. The van der Waals surface area contributed by atoms with Gasteiger partial charge in [-0.25, -0.2) is 19.6 Å². The van der Waals surface area contributed by atoms with Crippen LogP contribution in [0.4, 0.5) is 0 Å². The van der Waals surface area contributed by atoms with E-state index in [0.717, 1.165) is 0 Å². The smallest absolute Gasteiger partial charge is 0.327 e. The number of carbonyl (C=O) groups excluding carboxylic acids is 1. The molecule has 0 N–H and O–H groups in total. The second-order valence-corrected chi connectivity index (χ2v) is 4.17. The fraction of sp³-hybridized carbons (Fsp3) is 0.154. The summed E-state index contributed by atoms with van der Waals surface area (Å²) in [6.45, 7) is -0.0876. The van der Waals surface area contributed by atoms with Crippen molar-refractivity contribution in [2.75, 3.05) is 7.11 Å². The minimum absolute atomic E-state index is 0.0876. The van der Waals surface area contributed by atoms with Crippen LogP contribution in [0.2, 0.25) is 0 Å². The Bertz CT molecular complexity index is 774. The van der Waals surface area contributed by atoms with Crippen LogP contribution in [-0.2, 0) is 16.1 Å². The SMILES string of the molecule is COC(=O)Cn1nc(-c2cnccn2)nc1-c1cnccn1. The maximum Gasteiger partial charge on any atom is 0.327 e. The first kappa shape index (κ1) is 13.7. The maximum absolute atomic E-state index is 11.5. The van der Waals surface area contributed by atoms with E-state index in [-0.39, 0.29) is 6.54 Å². The molecular formula is C13H11N7O2. The molecule has 9 nitrogen and oxygen atoms in total. The van der Waals surface area contributed by atoms with E-state index in [2.05, 4.69) is 34.8 Å². The third-order valence-corrected chi connectivity index (χ3v) is 2.76. The normalized spacial score (nSPS) is 10.4. The van der Waals surface area contributed by atoms with Crippen LogP contribution in [0.5, 0.6) is 0 Å². The van der Waals surface area contributed by atoms with Gasteiger partial charge in [-0.05, 0) is 0 Å². The standard InChI is InChI=1S/C13H11N7O2/c1-22-11(21)8-20-13(10-7-15-3-5-17-10)18-12(19-20)9-6-14-2-4-16-9/h2-7H,8H2,1H3. The molecule has 110 valence electrons. The van der Waals surface area contributed by atoms with Crippen molar-refractivity contribution in [2.24, 2.45) is 0 Å². The van der Waals surface area contributed by atoms with Crippen molar-refractivity contribution in [3.8, 4) is 23.0 Å². The Balaban J connectivity index is 2.07. The molecule has 0 bridgehead atoms. The molecule has 9 heteroatoms. The highest BCUT2D eigenvalue weighted by Crippen LogP contribution is 2.18. The Hall–Kier alpha value is -3.23. The highest BCUT2D eigenvalue weighted by molar-refractivity contribution is 5.70. The molecule has 0 spiro atoms. The summed E-state index contributed by atoms with van der Waals surface area (Å²) in [4.78, 5) is 32.2. The third-order valence-electron chi connectivity index (χ3n) is 2.76. The van der Waals surface area contributed by atoms with Crippen molar-refractivity contribution in [3.05, 3.63) is 37.2 Å². The molecule has 0 aromatic carbocycles. The molecule has 0 saturated heterocycles. The molecule has 0 aliphatic heterocycles. The summed E-state index contributed by atoms with van der Waals surface area (Å²) in [5.41, 5.74) is 0.991. The third kappa shape index (κ3) is 2.77. The van der Waals surface area contributed by atoms with E-state index in [1.165, 1.54) is 30.4 Å². The van der Waals surface area contributed by atoms with Gasteiger partial charge in [0.05, 0.1) is 19.5 Å². The van der Waals surface area contributed by atoms with Crippen LogP contribution in [0.25, 0.3) is 23.0 Å². The van der Waals surface area contributed by atoms with Gasteiger partial charge in [-0.1, -0.05) is 0 Å². The van der Waals surface area contributed by atoms with Gasteiger partial charge >= 0.3 is 5.97 Å². The summed E-state index contributed by atoms with van der Waals surface area (Å²) in [5, 5.41) is 4.28. The fourth-order valence-corrected chi connectivity index (χ4v) is 1.77.